The Balaban J connectivity index is 1.90. The summed E-state index contributed by atoms with van der Waals surface area (Å²) in [5.41, 5.74) is 0.227. The third kappa shape index (κ3) is 2.28. The molecule has 6 heteroatoms. The fraction of sp³-hybridized carbons (Fsp3) is 0.300. The van der Waals surface area contributed by atoms with Crippen LogP contribution in [-0.4, -0.2) is 30.4 Å². The Bertz CT molecular complexity index is 461. The van der Waals surface area contributed by atoms with Crippen LogP contribution in [0.25, 0.3) is 0 Å². The summed E-state index contributed by atoms with van der Waals surface area (Å²) in [6, 6.07) is 1.50. The molecule has 0 aromatic carbocycles. The Morgan fingerprint density at radius 3 is 2.94 bits per heavy atom. The molecule has 0 saturated carbocycles. The molecule has 0 saturated heterocycles. The van der Waals surface area contributed by atoms with Crippen LogP contribution in [0.1, 0.15) is 16.9 Å². The SMILES string of the molecule is O=C(O)c1ccnn1CCCn1ccnc1. The molecule has 6 nitrogen and oxygen atoms in total. The first-order valence-electron chi connectivity index (χ1n) is 4.98. The van der Waals surface area contributed by atoms with Crippen LogP contribution in [0.2, 0.25) is 0 Å². The van der Waals surface area contributed by atoms with Crippen molar-refractivity contribution >= 4 is 5.97 Å². The summed E-state index contributed by atoms with van der Waals surface area (Å²) in [7, 11) is 0. The molecule has 0 aliphatic carbocycles. The summed E-state index contributed by atoms with van der Waals surface area (Å²) in [6.07, 6.45) is 7.65. The zero-order chi connectivity index (χ0) is 11.4. The first-order valence-corrected chi connectivity index (χ1v) is 4.98. The number of hydrogen-bond donors (Lipinski definition) is 1. The van der Waals surface area contributed by atoms with E-state index >= 15 is 0 Å². The van der Waals surface area contributed by atoms with E-state index < -0.39 is 5.97 Å². The Labute approximate surface area is 92.2 Å². The van der Waals surface area contributed by atoms with E-state index in [1.54, 1.807) is 12.5 Å². The smallest absolute Gasteiger partial charge is 0.354 e. The first-order chi connectivity index (χ1) is 7.77. The van der Waals surface area contributed by atoms with Crippen LogP contribution in [0, 0.1) is 0 Å². The zero-order valence-corrected chi connectivity index (χ0v) is 8.65. The third-order valence-electron chi connectivity index (χ3n) is 2.28. The number of hydrogen-bond acceptors (Lipinski definition) is 3. The van der Waals surface area contributed by atoms with Crippen LogP contribution >= 0.6 is 0 Å². The second-order valence-electron chi connectivity index (χ2n) is 3.40. The van der Waals surface area contributed by atoms with Gasteiger partial charge in [0, 0.05) is 31.7 Å². The van der Waals surface area contributed by atoms with Crippen molar-refractivity contribution in [3.63, 3.8) is 0 Å². The quantitative estimate of drug-likeness (QED) is 0.811. The van der Waals surface area contributed by atoms with Crippen molar-refractivity contribution in [1.82, 2.24) is 19.3 Å². The van der Waals surface area contributed by atoms with Gasteiger partial charge in [-0.25, -0.2) is 9.78 Å². The van der Waals surface area contributed by atoms with Crippen LogP contribution in [0.3, 0.4) is 0 Å². The maximum Gasteiger partial charge on any atom is 0.354 e. The van der Waals surface area contributed by atoms with E-state index in [0.29, 0.717) is 6.54 Å². The summed E-state index contributed by atoms with van der Waals surface area (Å²) in [5, 5.41) is 12.8. The maximum atomic E-state index is 10.8. The molecule has 0 aliphatic heterocycles. The number of aromatic carboxylic acids is 1. The summed E-state index contributed by atoms with van der Waals surface area (Å²) in [4.78, 5) is 14.7. The molecule has 1 N–H and O–H groups in total. The van der Waals surface area contributed by atoms with Crippen molar-refractivity contribution < 1.29 is 9.90 Å². The first kappa shape index (κ1) is 10.4. The molecule has 16 heavy (non-hydrogen) atoms. The highest BCUT2D eigenvalue weighted by Crippen LogP contribution is 2.01. The molecule has 0 amide bonds. The number of carboxylic acid groups (broad SMARTS) is 1. The largest absolute Gasteiger partial charge is 0.477 e. The second kappa shape index (κ2) is 4.61. The van der Waals surface area contributed by atoms with Crippen molar-refractivity contribution in [2.24, 2.45) is 0 Å². The molecule has 2 rings (SSSR count). The van der Waals surface area contributed by atoms with Gasteiger partial charge in [0.1, 0.15) is 5.69 Å². The van der Waals surface area contributed by atoms with Crippen LogP contribution in [0.15, 0.2) is 31.0 Å². The molecule has 0 fully saturated rings. The third-order valence-corrected chi connectivity index (χ3v) is 2.28. The normalized spacial score (nSPS) is 10.5. The number of carboxylic acids is 1. The highest BCUT2D eigenvalue weighted by molar-refractivity contribution is 5.85. The molecule has 0 spiro atoms. The predicted molar refractivity (Wildman–Crippen MR) is 56.0 cm³/mol. The molecule has 0 aliphatic rings. The van der Waals surface area contributed by atoms with Crippen LogP contribution in [-0.2, 0) is 13.1 Å². The lowest BCUT2D eigenvalue weighted by molar-refractivity contribution is 0.0683. The zero-order valence-electron chi connectivity index (χ0n) is 8.65. The van der Waals surface area contributed by atoms with Crippen LogP contribution in [0.5, 0.6) is 0 Å². The number of rotatable bonds is 5. The Hall–Kier alpha value is -2.11. The lowest BCUT2D eigenvalue weighted by Crippen LogP contribution is -2.11. The van der Waals surface area contributed by atoms with Crippen molar-refractivity contribution in [1.29, 1.82) is 0 Å². The minimum absolute atomic E-state index is 0.227. The highest BCUT2D eigenvalue weighted by Gasteiger charge is 2.08. The van der Waals surface area contributed by atoms with Gasteiger partial charge in [-0.05, 0) is 12.5 Å². The Morgan fingerprint density at radius 1 is 1.38 bits per heavy atom. The molecular formula is C10H12N4O2. The van der Waals surface area contributed by atoms with E-state index in [1.165, 1.54) is 16.9 Å². The van der Waals surface area contributed by atoms with Gasteiger partial charge < -0.3 is 9.67 Å². The van der Waals surface area contributed by atoms with Gasteiger partial charge >= 0.3 is 5.97 Å². The van der Waals surface area contributed by atoms with Gasteiger partial charge in [0.15, 0.2) is 0 Å². The molecule has 0 radical (unpaired) electrons. The van der Waals surface area contributed by atoms with E-state index in [1.807, 2.05) is 10.8 Å². The molecule has 0 atom stereocenters. The summed E-state index contributed by atoms with van der Waals surface area (Å²) < 4.78 is 3.45. The molecule has 2 aromatic heterocycles. The van der Waals surface area contributed by atoms with Gasteiger partial charge in [-0.1, -0.05) is 0 Å². The molecule has 0 unspecified atom stereocenters. The number of aromatic nitrogens is 4. The van der Waals surface area contributed by atoms with Crippen LogP contribution < -0.4 is 0 Å². The average molecular weight is 220 g/mol. The minimum atomic E-state index is -0.944. The summed E-state index contributed by atoms with van der Waals surface area (Å²) in [5.74, 6) is -0.944. The standard InChI is InChI=1S/C10H12N4O2/c15-10(16)9-2-3-12-14(9)6-1-5-13-7-4-11-8-13/h2-4,7-8H,1,5-6H2,(H,15,16). The minimum Gasteiger partial charge on any atom is -0.477 e. The summed E-state index contributed by atoms with van der Waals surface area (Å²) in [6.45, 7) is 1.39. The van der Waals surface area contributed by atoms with E-state index in [2.05, 4.69) is 10.1 Å². The highest BCUT2D eigenvalue weighted by atomic mass is 16.4. The van der Waals surface area contributed by atoms with Crippen molar-refractivity contribution in [2.75, 3.05) is 0 Å². The van der Waals surface area contributed by atoms with Gasteiger partial charge in [-0.15, -0.1) is 0 Å². The number of nitrogens with zero attached hydrogens (tertiary/aromatic N) is 4. The van der Waals surface area contributed by atoms with E-state index in [0.717, 1.165) is 13.0 Å². The Morgan fingerprint density at radius 2 is 2.25 bits per heavy atom. The van der Waals surface area contributed by atoms with Gasteiger partial charge in [-0.2, -0.15) is 5.10 Å². The van der Waals surface area contributed by atoms with E-state index in [4.69, 9.17) is 5.11 Å². The lowest BCUT2D eigenvalue weighted by Gasteiger charge is -2.04. The number of carbonyl (C=O) groups is 1. The molecule has 84 valence electrons. The second-order valence-corrected chi connectivity index (χ2v) is 3.40. The number of aryl methyl sites for hydroxylation is 2. The fourth-order valence-electron chi connectivity index (χ4n) is 1.51. The topological polar surface area (TPSA) is 72.9 Å². The van der Waals surface area contributed by atoms with Crippen molar-refractivity contribution in [2.45, 2.75) is 19.5 Å². The maximum absolute atomic E-state index is 10.8. The fourth-order valence-corrected chi connectivity index (χ4v) is 1.51. The predicted octanol–water partition coefficient (Wildman–Crippen LogP) is 0.868. The molecular weight excluding hydrogens is 208 g/mol. The average Bonchev–Trinajstić information content (AvgIpc) is 2.87. The van der Waals surface area contributed by atoms with Crippen molar-refractivity contribution in [3.8, 4) is 0 Å². The molecule has 0 bridgehead atoms. The van der Waals surface area contributed by atoms with E-state index in [-0.39, 0.29) is 5.69 Å². The van der Waals surface area contributed by atoms with E-state index in [9.17, 15) is 4.79 Å². The summed E-state index contributed by atoms with van der Waals surface area (Å²) >= 11 is 0. The van der Waals surface area contributed by atoms with Gasteiger partial charge in [0.25, 0.3) is 0 Å². The lowest BCUT2D eigenvalue weighted by atomic mass is 10.4. The van der Waals surface area contributed by atoms with Crippen LogP contribution in [0.4, 0.5) is 0 Å². The van der Waals surface area contributed by atoms with Crippen molar-refractivity contribution in [3.05, 3.63) is 36.7 Å². The molecule has 2 heterocycles. The molecule has 2 aromatic rings. The van der Waals surface area contributed by atoms with Gasteiger partial charge in [0.05, 0.1) is 6.33 Å². The number of imidazole rings is 1. The Kier molecular flexibility index (Phi) is 3.00. The monoisotopic (exact) mass is 220 g/mol. The van der Waals surface area contributed by atoms with Gasteiger partial charge in [0.2, 0.25) is 0 Å². The van der Waals surface area contributed by atoms with Gasteiger partial charge in [-0.3, -0.25) is 4.68 Å².